The van der Waals surface area contributed by atoms with Crippen molar-refractivity contribution < 1.29 is 4.74 Å². The van der Waals surface area contributed by atoms with Crippen molar-refractivity contribution in [1.29, 1.82) is 0 Å². The van der Waals surface area contributed by atoms with Crippen molar-refractivity contribution in [2.45, 2.75) is 40.3 Å². The normalized spacial score (nSPS) is 11.0. The standard InChI is InChI=1S/C14H22N4OS/c1-5-6-15-7-13-16-12(9-20-13)8-19-14-10(2)17-18(4)11(14)3/h9,15H,5-8H2,1-4H3. The highest BCUT2D eigenvalue weighted by atomic mass is 32.1. The van der Waals surface area contributed by atoms with Crippen molar-refractivity contribution in [2.75, 3.05) is 6.54 Å². The molecule has 0 aliphatic rings. The zero-order chi connectivity index (χ0) is 14.5. The van der Waals surface area contributed by atoms with Crippen LogP contribution < -0.4 is 10.1 Å². The van der Waals surface area contributed by atoms with Gasteiger partial charge in [0.2, 0.25) is 0 Å². The molecule has 1 N–H and O–H groups in total. The summed E-state index contributed by atoms with van der Waals surface area (Å²) in [6.07, 6.45) is 1.14. The van der Waals surface area contributed by atoms with Gasteiger partial charge in [-0.2, -0.15) is 5.10 Å². The SMILES string of the molecule is CCCNCc1nc(COc2c(C)nn(C)c2C)cs1. The quantitative estimate of drug-likeness (QED) is 0.797. The summed E-state index contributed by atoms with van der Waals surface area (Å²) in [5.74, 6) is 0.867. The largest absolute Gasteiger partial charge is 0.483 e. The fraction of sp³-hybridized carbons (Fsp3) is 0.571. The molecule has 0 amide bonds. The fourth-order valence-corrected chi connectivity index (χ4v) is 2.73. The highest BCUT2D eigenvalue weighted by molar-refractivity contribution is 7.09. The van der Waals surface area contributed by atoms with E-state index in [1.807, 2.05) is 25.6 Å². The maximum Gasteiger partial charge on any atom is 0.163 e. The van der Waals surface area contributed by atoms with Crippen LogP contribution in [0.4, 0.5) is 0 Å². The van der Waals surface area contributed by atoms with Crippen molar-refractivity contribution in [2.24, 2.45) is 7.05 Å². The van der Waals surface area contributed by atoms with Gasteiger partial charge in [0.1, 0.15) is 17.3 Å². The second-order valence-electron chi connectivity index (χ2n) is 4.82. The first-order chi connectivity index (χ1) is 9.61. The Morgan fingerprint density at radius 2 is 2.20 bits per heavy atom. The van der Waals surface area contributed by atoms with Crippen LogP contribution in [-0.4, -0.2) is 21.3 Å². The van der Waals surface area contributed by atoms with Crippen molar-refractivity contribution >= 4 is 11.3 Å². The summed E-state index contributed by atoms with van der Waals surface area (Å²) in [6, 6.07) is 0. The zero-order valence-electron chi connectivity index (χ0n) is 12.6. The summed E-state index contributed by atoms with van der Waals surface area (Å²) < 4.78 is 7.69. The van der Waals surface area contributed by atoms with Crippen LogP contribution in [0.1, 0.15) is 35.4 Å². The monoisotopic (exact) mass is 294 g/mol. The van der Waals surface area contributed by atoms with E-state index in [-0.39, 0.29) is 0 Å². The van der Waals surface area contributed by atoms with E-state index in [1.54, 1.807) is 11.3 Å². The van der Waals surface area contributed by atoms with Gasteiger partial charge in [0.05, 0.1) is 11.4 Å². The molecule has 6 heteroatoms. The summed E-state index contributed by atoms with van der Waals surface area (Å²) >= 11 is 1.67. The molecule has 0 unspecified atom stereocenters. The third-order valence-corrected chi connectivity index (χ3v) is 4.01. The topological polar surface area (TPSA) is 52.0 Å². The minimum atomic E-state index is 0.498. The van der Waals surface area contributed by atoms with Gasteiger partial charge in [-0.3, -0.25) is 4.68 Å². The number of hydrogen-bond donors (Lipinski definition) is 1. The highest BCUT2D eigenvalue weighted by Crippen LogP contribution is 2.22. The van der Waals surface area contributed by atoms with Gasteiger partial charge >= 0.3 is 0 Å². The van der Waals surface area contributed by atoms with Crippen LogP contribution in [-0.2, 0) is 20.2 Å². The average Bonchev–Trinajstić information content (AvgIpc) is 2.95. The molecule has 0 aromatic carbocycles. The minimum absolute atomic E-state index is 0.498. The number of hydrogen-bond acceptors (Lipinski definition) is 5. The van der Waals surface area contributed by atoms with Crippen LogP contribution in [0.25, 0.3) is 0 Å². The van der Waals surface area contributed by atoms with E-state index in [9.17, 15) is 0 Å². The molecular weight excluding hydrogens is 272 g/mol. The molecule has 0 saturated heterocycles. The number of nitrogens with one attached hydrogen (secondary N) is 1. The molecule has 0 fully saturated rings. The molecular formula is C14H22N4OS. The molecule has 0 aliphatic heterocycles. The number of rotatable bonds is 7. The number of ether oxygens (including phenoxy) is 1. The van der Waals surface area contributed by atoms with Gasteiger partial charge in [-0.1, -0.05) is 6.92 Å². The van der Waals surface area contributed by atoms with E-state index < -0.39 is 0 Å². The molecule has 20 heavy (non-hydrogen) atoms. The number of thiazole rings is 1. The molecule has 0 aliphatic carbocycles. The Kier molecular flexibility index (Phi) is 5.14. The minimum Gasteiger partial charge on any atom is -0.483 e. The predicted molar refractivity (Wildman–Crippen MR) is 81.1 cm³/mol. The molecule has 0 saturated carbocycles. The van der Waals surface area contributed by atoms with Gasteiger partial charge in [0.25, 0.3) is 0 Å². The predicted octanol–water partition coefficient (Wildman–Crippen LogP) is 2.57. The second kappa shape index (κ2) is 6.85. The van der Waals surface area contributed by atoms with E-state index in [1.165, 1.54) is 0 Å². The first kappa shape index (κ1) is 15.0. The lowest BCUT2D eigenvalue weighted by Crippen LogP contribution is -2.13. The van der Waals surface area contributed by atoms with E-state index in [2.05, 4.69) is 27.7 Å². The van der Waals surface area contributed by atoms with Crippen molar-refractivity contribution in [1.82, 2.24) is 20.1 Å². The molecule has 110 valence electrons. The summed E-state index contributed by atoms with van der Waals surface area (Å²) in [4.78, 5) is 4.57. The molecule has 2 aromatic heterocycles. The van der Waals surface area contributed by atoms with Crippen LogP contribution in [0.2, 0.25) is 0 Å². The molecule has 5 nitrogen and oxygen atoms in total. The summed E-state index contributed by atoms with van der Waals surface area (Å²) in [7, 11) is 1.93. The lowest BCUT2D eigenvalue weighted by Gasteiger charge is -2.04. The van der Waals surface area contributed by atoms with Gasteiger partial charge in [-0.25, -0.2) is 4.98 Å². The molecule has 2 heterocycles. The van der Waals surface area contributed by atoms with Crippen LogP contribution in [0.5, 0.6) is 5.75 Å². The third-order valence-electron chi connectivity index (χ3n) is 3.11. The van der Waals surface area contributed by atoms with E-state index in [0.29, 0.717) is 6.61 Å². The molecule has 2 aromatic rings. The van der Waals surface area contributed by atoms with E-state index >= 15 is 0 Å². The van der Waals surface area contributed by atoms with Crippen molar-refractivity contribution in [3.63, 3.8) is 0 Å². The summed E-state index contributed by atoms with van der Waals surface area (Å²) in [5.41, 5.74) is 2.94. The van der Waals surface area contributed by atoms with Gasteiger partial charge in [-0.15, -0.1) is 11.3 Å². The summed E-state index contributed by atoms with van der Waals surface area (Å²) in [5, 5.41) is 10.9. The Morgan fingerprint density at radius 3 is 2.85 bits per heavy atom. The lowest BCUT2D eigenvalue weighted by atomic mass is 10.3. The lowest BCUT2D eigenvalue weighted by molar-refractivity contribution is 0.297. The first-order valence-electron chi connectivity index (χ1n) is 6.88. The van der Waals surface area contributed by atoms with Crippen LogP contribution in [0.15, 0.2) is 5.38 Å². The van der Waals surface area contributed by atoms with Crippen molar-refractivity contribution in [3.8, 4) is 5.75 Å². The number of nitrogens with zero attached hydrogens (tertiary/aromatic N) is 3. The maximum absolute atomic E-state index is 5.85. The Labute approximate surface area is 124 Å². The Morgan fingerprint density at radius 1 is 1.40 bits per heavy atom. The fourth-order valence-electron chi connectivity index (χ4n) is 1.98. The van der Waals surface area contributed by atoms with Gasteiger partial charge < -0.3 is 10.1 Å². The van der Waals surface area contributed by atoms with Gasteiger partial charge in [0, 0.05) is 19.0 Å². The van der Waals surface area contributed by atoms with Crippen molar-refractivity contribution in [3.05, 3.63) is 27.5 Å². The van der Waals surface area contributed by atoms with Crippen LogP contribution in [0.3, 0.4) is 0 Å². The van der Waals surface area contributed by atoms with Gasteiger partial charge in [-0.05, 0) is 26.8 Å². The van der Waals surface area contributed by atoms with Crippen LogP contribution >= 0.6 is 11.3 Å². The zero-order valence-corrected chi connectivity index (χ0v) is 13.4. The smallest absolute Gasteiger partial charge is 0.163 e. The van der Waals surface area contributed by atoms with E-state index in [4.69, 9.17) is 4.74 Å². The maximum atomic E-state index is 5.85. The second-order valence-corrected chi connectivity index (χ2v) is 5.76. The summed E-state index contributed by atoms with van der Waals surface area (Å²) in [6.45, 7) is 8.49. The average molecular weight is 294 g/mol. The Balaban J connectivity index is 1.91. The number of aromatic nitrogens is 3. The van der Waals surface area contributed by atoms with Gasteiger partial charge in [0.15, 0.2) is 5.75 Å². The Bertz CT molecular complexity index is 562. The van der Waals surface area contributed by atoms with E-state index in [0.717, 1.165) is 47.3 Å². The Hall–Kier alpha value is -1.40. The molecule has 0 spiro atoms. The highest BCUT2D eigenvalue weighted by Gasteiger charge is 2.11. The number of aryl methyl sites for hydroxylation is 2. The molecule has 0 radical (unpaired) electrons. The molecule has 0 atom stereocenters. The third kappa shape index (κ3) is 3.58. The molecule has 0 bridgehead atoms. The molecule has 2 rings (SSSR count). The van der Waals surface area contributed by atoms with Crippen LogP contribution in [0, 0.1) is 13.8 Å². The first-order valence-corrected chi connectivity index (χ1v) is 7.76.